The van der Waals surface area contributed by atoms with Gasteiger partial charge in [-0.05, 0) is 24.1 Å². The molecular weight excluding hydrogens is 240 g/mol. The summed E-state index contributed by atoms with van der Waals surface area (Å²) in [5, 5.41) is 15.8. The van der Waals surface area contributed by atoms with E-state index >= 15 is 0 Å². The normalized spacial score (nSPS) is 23.6. The van der Waals surface area contributed by atoms with Crippen molar-refractivity contribution < 1.29 is 9.90 Å². The topological polar surface area (TPSA) is 61.4 Å². The van der Waals surface area contributed by atoms with Gasteiger partial charge in [-0.3, -0.25) is 4.79 Å². The lowest BCUT2D eigenvalue weighted by Gasteiger charge is -2.10. The third kappa shape index (κ3) is 3.43. The number of carbonyl (C=O) groups excluding carboxylic acids is 1. The van der Waals surface area contributed by atoms with Crippen molar-refractivity contribution in [2.75, 3.05) is 6.54 Å². The lowest BCUT2D eigenvalue weighted by molar-refractivity contribution is -0.123. The molecule has 1 aromatic carbocycles. The lowest BCUT2D eigenvalue weighted by atomic mass is 10.2. The van der Waals surface area contributed by atoms with Crippen LogP contribution in [0.15, 0.2) is 24.3 Å². The quantitative estimate of drug-likeness (QED) is 0.743. The van der Waals surface area contributed by atoms with Gasteiger partial charge >= 0.3 is 0 Å². The van der Waals surface area contributed by atoms with E-state index in [1.165, 1.54) is 0 Å². The molecule has 0 aromatic heterocycles. The van der Waals surface area contributed by atoms with E-state index < -0.39 is 6.10 Å². The number of rotatable bonds is 3. The van der Waals surface area contributed by atoms with Crippen LogP contribution in [-0.2, 0) is 11.3 Å². The Morgan fingerprint density at radius 3 is 2.76 bits per heavy atom. The number of amides is 1. The number of β-amino-alcohol motifs (C(OH)–C–C–N with tert-alkyl or cyclic N) is 1. The van der Waals surface area contributed by atoms with Crippen LogP contribution in [0.4, 0.5) is 0 Å². The van der Waals surface area contributed by atoms with Crippen molar-refractivity contribution in [2.24, 2.45) is 0 Å². The summed E-state index contributed by atoms with van der Waals surface area (Å²) in [7, 11) is 0. The number of benzene rings is 1. The molecule has 5 heteroatoms. The van der Waals surface area contributed by atoms with E-state index in [0.29, 0.717) is 24.5 Å². The van der Waals surface area contributed by atoms with Gasteiger partial charge in [-0.15, -0.1) is 0 Å². The van der Waals surface area contributed by atoms with Crippen molar-refractivity contribution in [3.05, 3.63) is 34.9 Å². The lowest BCUT2D eigenvalue weighted by Crippen LogP contribution is -2.39. The van der Waals surface area contributed by atoms with E-state index in [-0.39, 0.29) is 11.9 Å². The fourth-order valence-electron chi connectivity index (χ4n) is 1.83. The van der Waals surface area contributed by atoms with Crippen LogP contribution in [0.25, 0.3) is 0 Å². The van der Waals surface area contributed by atoms with Gasteiger partial charge in [0.1, 0.15) is 0 Å². The molecule has 2 rings (SSSR count). The summed E-state index contributed by atoms with van der Waals surface area (Å²) in [6, 6.07) is 7.05. The van der Waals surface area contributed by atoms with Crippen molar-refractivity contribution in [3.63, 3.8) is 0 Å². The van der Waals surface area contributed by atoms with E-state index in [1.54, 1.807) is 12.1 Å². The molecule has 4 nitrogen and oxygen atoms in total. The summed E-state index contributed by atoms with van der Waals surface area (Å²) >= 11 is 5.77. The van der Waals surface area contributed by atoms with Gasteiger partial charge in [0.2, 0.25) is 5.91 Å². The van der Waals surface area contributed by atoms with Gasteiger partial charge in [-0.25, -0.2) is 0 Å². The maximum Gasteiger partial charge on any atom is 0.237 e. The van der Waals surface area contributed by atoms with Crippen LogP contribution in [0.3, 0.4) is 0 Å². The Hall–Kier alpha value is -1.10. The Bertz CT molecular complexity index is 394. The number of aliphatic hydroxyl groups excluding tert-OH is 1. The highest BCUT2D eigenvalue weighted by Gasteiger charge is 2.27. The second kappa shape index (κ2) is 5.49. The highest BCUT2D eigenvalue weighted by molar-refractivity contribution is 6.30. The maximum absolute atomic E-state index is 11.7. The van der Waals surface area contributed by atoms with Crippen molar-refractivity contribution in [1.29, 1.82) is 0 Å². The Morgan fingerprint density at radius 1 is 1.47 bits per heavy atom. The Labute approximate surface area is 105 Å². The minimum absolute atomic E-state index is 0.0727. The first kappa shape index (κ1) is 12.4. The molecule has 1 fully saturated rings. The highest BCUT2D eigenvalue weighted by atomic mass is 35.5. The van der Waals surface area contributed by atoms with Crippen molar-refractivity contribution in [3.8, 4) is 0 Å². The van der Waals surface area contributed by atoms with Gasteiger partial charge in [0.25, 0.3) is 0 Å². The van der Waals surface area contributed by atoms with Crippen molar-refractivity contribution in [2.45, 2.75) is 25.1 Å². The minimum Gasteiger partial charge on any atom is -0.392 e. The first-order valence-corrected chi connectivity index (χ1v) is 5.96. The zero-order valence-corrected chi connectivity index (χ0v) is 10.1. The predicted octanol–water partition coefficient (Wildman–Crippen LogP) is 0.679. The summed E-state index contributed by atoms with van der Waals surface area (Å²) < 4.78 is 0. The zero-order chi connectivity index (χ0) is 12.3. The molecule has 1 saturated heterocycles. The Balaban J connectivity index is 1.82. The molecule has 0 spiro atoms. The summed E-state index contributed by atoms with van der Waals surface area (Å²) in [5.41, 5.74) is 1.00. The Kier molecular flexibility index (Phi) is 3.99. The van der Waals surface area contributed by atoms with Crippen molar-refractivity contribution >= 4 is 17.5 Å². The molecule has 0 aliphatic carbocycles. The number of carbonyl (C=O) groups is 1. The molecule has 92 valence electrons. The third-order valence-electron chi connectivity index (χ3n) is 2.80. The summed E-state index contributed by atoms with van der Waals surface area (Å²) in [6.45, 7) is 0.962. The number of hydrogen-bond acceptors (Lipinski definition) is 3. The van der Waals surface area contributed by atoms with Crippen molar-refractivity contribution in [1.82, 2.24) is 10.6 Å². The monoisotopic (exact) mass is 254 g/mol. The number of halogens is 1. The van der Waals surface area contributed by atoms with Gasteiger partial charge < -0.3 is 15.7 Å². The van der Waals surface area contributed by atoms with Crippen LogP contribution in [0.1, 0.15) is 12.0 Å². The molecule has 0 radical (unpaired) electrons. The predicted molar refractivity (Wildman–Crippen MR) is 65.7 cm³/mol. The van der Waals surface area contributed by atoms with Crippen LogP contribution in [-0.4, -0.2) is 29.7 Å². The molecule has 1 aliphatic heterocycles. The number of nitrogens with one attached hydrogen (secondary N) is 2. The van der Waals surface area contributed by atoms with E-state index in [2.05, 4.69) is 10.6 Å². The second-order valence-corrected chi connectivity index (χ2v) is 4.63. The van der Waals surface area contributed by atoms with E-state index in [1.807, 2.05) is 12.1 Å². The number of aliphatic hydroxyl groups is 1. The van der Waals surface area contributed by atoms with Crippen LogP contribution in [0, 0.1) is 0 Å². The largest absolute Gasteiger partial charge is 0.392 e. The van der Waals surface area contributed by atoms with E-state index in [0.717, 1.165) is 5.56 Å². The molecule has 1 aromatic rings. The fraction of sp³-hybridized carbons (Fsp3) is 0.417. The van der Waals surface area contributed by atoms with Crippen LogP contribution >= 0.6 is 11.6 Å². The molecule has 0 unspecified atom stereocenters. The third-order valence-corrected chi connectivity index (χ3v) is 3.06. The Morgan fingerprint density at radius 2 is 2.18 bits per heavy atom. The van der Waals surface area contributed by atoms with Gasteiger partial charge in [-0.1, -0.05) is 23.7 Å². The highest BCUT2D eigenvalue weighted by Crippen LogP contribution is 2.10. The first-order chi connectivity index (χ1) is 8.15. The summed E-state index contributed by atoms with van der Waals surface area (Å²) in [4.78, 5) is 11.7. The summed E-state index contributed by atoms with van der Waals surface area (Å²) in [6.07, 6.45) is 0.0631. The fourth-order valence-corrected chi connectivity index (χ4v) is 1.96. The van der Waals surface area contributed by atoms with Crippen LogP contribution in [0.2, 0.25) is 5.02 Å². The molecule has 0 saturated carbocycles. The van der Waals surface area contributed by atoms with E-state index in [4.69, 9.17) is 11.6 Å². The van der Waals surface area contributed by atoms with Gasteiger partial charge in [-0.2, -0.15) is 0 Å². The van der Waals surface area contributed by atoms with Gasteiger partial charge in [0.15, 0.2) is 0 Å². The van der Waals surface area contributed by atoms with Crippen LogP contribution < -0.4 is 10.6 Å². The molecular formula is C12H15ClN2O2. The van der Waals surface area contributed by atoms with Gasteiger partial charge in [0, 0.05) is 18.1 Å². The zero-order valence-electron chi connectivity index (χ0n) is 9.32. The van der Waals surface area contributed by atoms with Gasteiger partial charge in [0.05, 0.1) is 12.1 Å². The molecule has 1 heterocycles. The average Bonchev–Trinajstić information content (AvgIpc) is 2.75. The standard InChI is InChI=1S/C12H15ClN2O2/c13-9-3-1-8(2-4-9)6-15-12(17)11-5-10(16)7-14-11/h1-4,10-11,14,16H,5-7H2,(H,15,17)/t10-,11-/m1/s1. The first-order valence-electron chi connectivity index (χ1n) is 5.59. The number of hydrogen-bond donors (Lipinski definition) is 3. The molecule has 3 N–H and O–H groups in total. The minimum atomic E-state index is -0.415. The molecule has 1 amide bonds. The second-order valence-electron chi connectivity index (χ2n) is 4.19. The van der Waals surface area contributed by atoms with E-state index in [9.17, 15) is 9.90 Å². The molecule has 1 aliphatic rings. The molecule has 0 bridgehead atoms. The SMILES string of the molecule is O=C(NCc1ccc(Cl)cc1)[C@H]1C[C@@H](O)CN1. The summed E-state index contributed by atoms with van der Waals surface area (Å²) in [5.74, 6) is -0.0727. The smallest absolute Gasteiger partial charge is 0.237 e. The molecule has 17 heavy (non-hydrogen) atoms. The van der Waals surface area contributed by atoms with Crippen LogP contribution in [0.5, 0.6) is 0 Å². The maximum atomic E-state index is 11.7. The molecule has 2 atom stereocenters. The average molecular weight is 255 g/mol.